The molecule has 0 spiro atoms. The fourth-order valence-electron chi connectivity index (χ4n) is 1.47. The Bertz CT molecular complexity index is 485. The maximum absolute atomic E-state index is 13.8. The van der Waals surface area contributed by atoms with Crippen LogP contribution in [0.15, 0.2) is 33.8 Å². The van der Waals surface area contributed by atoms with Crippen molar-refractivity contribution < 1.29 is 4.39 Å². The maximum Gasteiger partial charge on any atom is 0.174 e. The Labute approximate surface area is 107 Å². The maximum atomic E-state index is 13.8. The van der Waals surface area contributed by atoms with E-state index in [1.165, 1.54) is 35.7 Å². The molecule has 0 aliphatic heterocycles. The molecule has 0 fully saturated rings. The van der Waals surface area contributed by atoms with Gasteiger partial charge in [0.05, 0.1) is 4.90 Å². The van der Waals surface area contributed by atoms with Crippen LogP contribution in [0.25, 0.3) is 0 Å². The third-order valence-electron chi connectivity index (χ3n) is 2.12. The summed E-state index contributed by atoms with van der Waals surface area (Å²) in [6, 6.07) is 5.06. The monoisotopic (exact) mass is 269 g/mol. The quantitative estimate of drug-likeness (QED) is 0.927. The van der Waals surface area contributed by atoms with Gasteiger partial charge in [0.15, 0.2) is 4.34 Å². The van der Waals surface area contributed by atoms with Crippen LogP contribution in [0.2, 0.25) is 0 Å². The highest BCUT2D eigenvalue weighted by Gasteiger charge is 2.12. The van der Waals surface area contributed by atoms with E-state index in [1.807, 2.05) is 13.0 Å². The van der Waals surface area contributed by atoms with Crippen molar-refractivity contribution in [2.75, 3.05) is 0 Å². The average Bonchev–Trinajstić information content (AvgIpc) is 2.75. The summed E-state index contributed by atoms with van der Waals surface area (Å²) in [4.78, 5) is 4.64. The van der Waals surface area contributed by atoms with E-state index < -0.39 is 0 Å². The molecule has 2 rings (SSSR count). The highest BCUT2D eigenvalue weighted by molar-refractivity contribution is 8.01. The first-order valence-corrected chi connectivity index (χ1v) is 6.73. The molecule has 0 saturated heterocycles. The summed E-state index contributed by atoms with van der Waals surface area (Å²) < 4.78 is 18.4. The standard InChI is InChI=1S/C11H12FN3S2/c1-7(13)5-8-3-2-4-9(12)10(8)16-11-14-6-15-17-11/h2-4,6-7H,5,13H2,1H3. The van der Waals surface area contributed by atoms with Gasteiger partial charge in [0, 0.05) is 6.04 Å². The van der Waals surface area contributed by atoms with Crippen LogP contribution in [-0.4, -0.2) is 15.4 Å². The van der Waals surface area contributed by atoms with Gasteiger partial charge in [0.2, 0.25) is 0 Å². The van der Waals surface area contributed by atoms with Crippen molar-refractivity contribution >= 4 is 23.3 Å². The molecule has 3 nitrogen and oxygen atoms in total. The smallest absolute Gasteiger partial charge is 0.174 e. The summed E-state index contributed by atoms with van der Waals surface area (Å²) in [6.45, 7) is 1.91. The summed E-state index contributed by atoms with van der Waals surface area (Å²) in [5.41, 5.74) is 6.68. The molecule has 0 aliphatic carbocycles. The van der Waals surface area contributed by atoms with Crippen LogP contribution in [0.4, 0.5) is 4.39 Å². The number of rotatable bonds is 4. The highest BCUT2D eigenvalue weighted by Crippen LogP contribution is 2.33. The molecule has 6 heteroatoms. The molecule has 1 aromatic heterocycles. The number of hydrogen-bond acceptors (Lipinski definition) is 5. The molecule has 1 atom stereocenters. The van der Waals surface area contributed by atoms with Crippen LogP contribution >= 0.6 is 23.3 Å². The second-order valence-electron chi connectivity index (χ2n) is 3.72. The zero-order valence-corrected chi connectivity index (χ0v) is 10.9. The normalized spacial score (nSPS) is 12.6. The second-order valence-corrected chi connectivity index (χ2v) is 5.76. The van der Waals surface area contributed by atoms with Gasteiger partial charge in [-0.3, -0.25) is 0 Å². The van der Waals surface area contributed by atoms with E-state index in [2.05, 4.69) is 9.36 Å². The summed E-state index contributed by atoms with van der Waals surface area (Å²) in [5.74, 6) is -0.233. The van der Waals surface area contributed by atoms with E-state index in [4.69, 9.17) is 5.73 Å². The molecular weight excluding hydrogens is 257 g/mol. The number of halogens is 1. The van der Waals surface area contributed by atoms with E-state index >= 15 is 0 Å². The van der Waals surface area contributed by atoms with Crippen molar-refractivity contribution in [2.24, 2.45) is 5.73 Å². The predicted molar refractivity (Wildman–Crippen MR) is 67.8 cm³/mol. The molecule has 17 heavy (non-hydrogen) atoms. The van der Waals surface area contributed by atoms with Gasteiger partial charge in [-0.05, 0) is 36.5 Å². The summed E-state index contributed by atoms with van der Waals surface area (Å²) >= 11 is 2.56. The Morgan fingerprint density at radius 1 is 1.53 bits per heavy atom. The molecule has 0 radical (unpaired) electrons. The Morgan fingerprint density at radius 3 is 3.00 bits per heavy atom. The van der Waals surface area contributed by atoms with E-state index in [9.17, 15) is 4.39 Å². The lowest BCUT2D eigenvalue weighted by Gasteiger charge is -2.10. The molecule has 0 bridgehead atoms. The molecule has 90 valence electrons. The summed E-state index contributed by atoms with van der Waals surface area (Å²) in [5, 5.41) is 0. The minimum absolute atomic E-state index is 0.00516. The molecule has 2 N–H and O–H groups in total. The van der Waals surface area contributed by atoms with Gasteiger partial charge in [0.25, 0.3) is 0 Å². The fourth-order valence-corrected chi connectivity index (χ4v) is 3.00. The van der Waals surface area contributed by atoms with Crippen LogP contribution < -0.4 is 5.73 Å². The van der Waals surface area contributed by atoms with Crippen LogP contribution in [0.3, 0.4) is 0 Å². The molecule has 1 unspecified atom stereocenters. The minimum atomic E-state index is -0.233. The first-order valence-electron chi connectivity index (χ1n) is 5.14. The Balaban J connectivity index is 2.30. The number of aromatic nitrogens is 2. The second kappa shape index (κ2) is 5.57. The number of nitrogens with zero attached hydrogens (tertiary/aromatic N) is 2. The van der Waals surface area contributed by atoms with Crippen LogP contribution in [0.1, 0.15) is 12.5 Å². The SMILES string of the molecule is CC(N)Cc1cccc(F)c1Sc1ncns1. The summed E-state index contributed by atoms with van der Waals surface area (Å²) in [7, 11) is 0. The third kappa shape index (κ3) is 3.24. The topological polar surface area (TPSA) is 51.8 Å². The molecule has 1 aromatic carbocycles. The zero-order valence-electron chi connectivity index (χ0n) is 9.26. The van der Waals surface area contributed by atoms with Gasteiger partial charge in [0.1, 0.15) is 12.1 Å². The van der Waals surface area contributed by atoms with Gasteiger partial charge in [-0.25, -0.2) is 9.37 Å². The largest absolute Gasteiger partial charge is 0.328 e. The van der Waals surface area contributed by atoms with Crippen LogP contribution in [0.5, 0.6) is 0 Å². The fraction of sp³-hybridized carbons (Fsp3) is 0.273. The Kier molecular flexibility index (Phi) is 4.09. The van der Waals surface area contributed by atoms with Gasteiger partial charge >= 0.3 is 0 Å². The number of nitrogens with two attached hydrogens (primary N) is 1. The van der Waals surface area contributed by atoms with Crippen molar-refractivity contribution in [3.8, 4) is 0 Å². The van der Waals surface area contributed by atoms with Gasteiger partial charge in [-0.1, -0.05) is 23.9 Å². The average molecular weight is 269 g/mol. The molecule has 0 aliphatic rings. The Morgan fingerprint density at radius 2 is 2.35 bits per heavy atom. The van der Waals surface area contributed by atoms with E-state index in [0.717, 1.165) is 9.90 Å². The van der Waals surface area contributed by atoms with Crippen molar-refractivity contribution in [3.63, 3.8) is 0 Å². The molecule has 1 heterocycles. The van der Waals surface area contributed by atoms with Crippen molar-refractivity contribution in [2.45, 2.75) is 28.6 Å². The Hall–Kier alpha value is -0.980. The predicted octanol–water partition coefficient (Wildman–Crippen LogP) is 2.72. The zero-order chi connectivity index (χ0) is 12.3. The van der Waals surface area contributed by atoms with E-state index in [1.54, 1.807) is 6.07 Å². The lowest BCUT2D eigenvalue weighted by Crippen LogP contribution is -2.18. The highest BCUT2D eigenvalue weighted by atomic mass is 32.2. The van der Waals surface area contributed by atoms with Gasteiger partial charge in [-0.2, -0.15) is 4.37 Å². The lowest BCUT2D eigenvalue weighted by atomic mass is 10.1. The minimum Gasteiger partial charge on any atom is -0.328 e. The lowest BCUT2D eigenvalue weighted by molar-refractivity contribution is 0.592. The first kappa shape index (κ1) is 12.5. The van der Waals surface area contributed by atoms with Crippen LogP contribution in [0, 0.1) is 5.82 Å². The summed E-state index contributed by atoms with van der Waals surface area (Å²) in [6.07, 6.45) is 2.12. The number of hydrogen-bond donors (Lipinski definition) is 1. The molecule has 0 saturated carbocycles. The molecular formula is C11H12FN3S2. The number of benzene rings is 1. The third-order valence-corrected chi connectivity index (χ3v) is 4.00. The first-order chi connectivity index (χ1) is 8.16. The van der Waals surface area contributed by atoms with Crippen molar-refractivity contribution in [3.05, 3.63) is 35.9 Å². The van der Waals surface area contributed by atoms with E-state index in [0.29, 0.717) is 11.3 Å². The van der Waals surface area contributed by atoms with Crippen molar-refractivity contribution in [1.82, 2.24) is 9.36 Å². The van der Waals surface area contributed by atoms with Crippen LogP contribution in [-0.2, 0) is 6.42 Å². The molecule has 0 amide bonds. The molecule has 2 aromatic rings. The van der Waals surface area contributed by atoms with E-state index in [-0.39, 0.29) is 11.9 Å². The van der Waals surface area contributed by atoms with Gasteiger partial charge in [-0.15, -0.1) is 0 Å². The van der Waals surface area contributed by atoms with Crippen molar-refractivity contribution in [1.29, 1.82) is 0 Å². The van der Waals surface area contributed by atoms with Gasteiger partial charge < -0.3 is 5.73 Å².